The number of hydrogen-bond acceptors (Lipinski definition) is 6. The second kappa shape index (κ2) is 8.05. The third kappa shape index (κ3) is 3.53. The fourth-order valence-electron chi connectivity index (χ4n) is 3.93. The summed E-state index contributed by atoms with van der Waals surface area (Å²) in [5.74, 6) is 0.984. The van der Waals surface area contributed by atoms with Crippen molar-refractivity contribution in [3.63, 3.8) is 0 Å². The first-order valence-electron chi connectivity index (χ1n) is 9.50. The molecule has 0 aliphatic carbocycles. The number of ether oxygens (including phenoxy) is 2. The monoisotopic (exact) mass is 443 g/mol. The molecule has 1 aliphatic heterocycles. The number of para-hydroxylation sites is 1. The minimum Gasteiger partial charge on any atom is -0.493 e. The zero-order chi connectivity index (χ0) is 22.2. The highest BCUT2D eigenvalue weighted by atomic mass is 32.2. The molecule has 0 N–H and O–H groups in total. The second-order valence-corrected chi connectivity index (χ2v) is 8.84. The van der Waals surface area contributed by atoms with Crippen molar-refractivity contribution < 1.29 is 22.8 Å². The Labute approximate surface area is 179 Å². The van der Waals surface area contributed by atoms with Crippen molar-refractivity contribution in [2.24, 2.45) is 0 Å². The first-order valence-corrected chi connectivity index (χ1v) is 10.9. The van der Waals surface area contributed by atoms with Crippen LogP contribution in [0.3, 0.4) is 0 Å². The Bertz CT molecular complexity index is 1240. The molecule has 0 fully saturated rings. The molecule has 0 saturated carbocycles. The maximum absolute atomic E-state index is 13.7. The summed E-state index contributed by atoms with van der Waals surface area (Å²) in [6.45, 7) is 0.598. The Morgan fingerprint density at radius 2 is 1.74 bits per heavy atom. The molecule has 3 aromatic rings. The lowest BCUT2D eigenvalue weighted by atomic mass is 10.0. The number of nitro groups is 1. The quantitative estimate of drug-likeness (QED) is 0.428. The van der Waals surface area contributed by atoms with Crippen LogP contribution in [0.25, 0.3) is 0 Å². The van der Waals surface area contributed by atoms with Crippen LogP contribution in [0.5, 0.6) is 11.5 Å². The van der Waals surface area contributed by atoms with Gasteiger partial charge in [0.2, 0.25) is 0 Å². The second-order valence-electron chi connectivity index (χ2n) is 6.98. The van der Waals surface area contributed by atoms with Crippen LogP contribution in [0.15, 0.2) is 65.7 Å². The predicted molar refractivity (Wildman–Crippen MR) is 113 cm³/mol. The molecule has 162 valence electrons. The third-order valence-corrected chi connectivity index (χ3v) is 7.28. The molecule has 0 amide bonds. The van der Waals surface area contributed by atoms with Crippen molar-refractivity contribution >= 4 is 15.7 Å². The number of rotatable bonds is 6. The first-order chi connectivity index (χ1) is 14.9. The minimum atomic E-state index is -4.18. The maximum Gasteiger partial charge on any atom is 0.289 e. The molecule has 31 heavy (non-hydrogen) atoms. The van der Waals surface area contributed by atoms with E-state index in [1.807, 2.05) is 22.9 Å². The van der Waals surface area contributed by atoms with Crippen molar-refractivity contribution in [1.82, 2.24) is 8.87 Å². The predicted octanol–water partition coefficient (Wildman–Crippen LogP) is 3.21. The molecular weight excluding hydrogens is 422 g/mol. The van der Waals surface area contributed by atoms with Crippen molar-refractivity contribution in [2.45, 2.75) is 17.5 Å². The highest BCUT2D eigenvalue weighted by Gasteiger charge is 2.40. The normalized spacial score (nSPS) is 16.5. The van der Waals surface area contributed by atoms with Crippen LogP contribution in [-0.4, -0.2) is 43.0 Å². The van der Waals surface area contributed by atoms with Crippen LogP contribution in [-0.2, 0) is 16.6 Å². The molecule has 0 radical (unpaired) electrons. The van der Waals surface area contributed by atoms with Gasteiger partial charge in [0.1, 0.15) is 0 Å². The van der Waals surface area contributed by atoms with E-state index >= 15 is 0 Å². The van der Waals surface area contributed by atoms with Gasteiger partial charge < -0.3 is 14.0 Å². The number of fused-ring (bicyclic) bond motifs is 1. The van der Waals surface area contributed by atoms with E-state index in [2.05, 4.69) is 0 Å². The standard InChI is InChI=1S/C21H21N3O6S/c1-29-18-10-9-15(14-19(18)30-2)21-17-7-5-11-22(17)12-13-23(21)31(27,28)20-8-4-3-6-16(20)24(25)26/h3-11,14,21H,12-13H2,1-2H3/t21-/m0/s1. The number of benzene rings is 2. The highest BCUT2D eigenvalue weighted by molar-refractivity contribution is 7.89. The number of nitrogens with zero attached hydrogens (tertiary/aromatic N) is 3. The van der Waals surface area contributed by atoms with Gasteiger partial charge in [-0.15, -0.1) is 0 Å². The van der Waals surface area contributed by atoms with Crippen LogP contribution in [0, 0.1) is 10.1 Å². The summed E-state index contributed by atoms with van der Waals surface area (Å²) >= 11 is 0. The van der Waals surface area contributed by atoms with Gasteiger partial charge >= 0.3 is 0 Å². The SMILES string of the molecule is COc1ccc([C@H]2c3cccn3CCN2S(=O)(=O)c2ccccc2[N+](=O)[O-])cc1OC. The summed E-state index contributed by atoms with van der Waals surface area (Å²) in [4.78, 5) is 10.5. The van der Waals surface area contributed by atoms with Gasteiger partial charge in [0.15, 0.2) is 16.4 Å². The Morgan fingerprint density at radius 3 is 2.45 bits per heavy atom. The average Bonchev–Trinajstić information content (AvgIpc) is 3.26. The lowest BCUT2D eigenvalue weighted by molar-refractivity contribution is -0.387. The molecule has 1 aromatic heterocycles. The number of hydrogen-bond donors (Lipinski definition) is 0. The molecule has 0 unspecified atom stereocenters. The van der Waals surface area contributed by atoms with Gasteiger partial charge in [-0.25, -0.2) is 8.42 Å². The fraction of sp³-hybridized carbons (Fsp3) is 0.238. The smallest absolute Gasteiger partial charge is 0.289 e. The van der Waals surface area contributed by atoms with Gasteiger partial charge in [-0.1, -0.05) is 18.2 Å². The molecule has 1 atom stereocenters. The van der Waals surface area contributed by atoms with Crippen LogP contribution < -0.4 is 9.47 Å². The lowest BCUT2D eigenvalue weighted by Gasteiger charge is -2.36. The van der Waals surface area contributed by atoms with E-state index in [9.17, 15) is 18.5 Å². The maximum atomic E-state index is 13.7. The molecule has 4 rings (SSSR count). The van der Waals surface area contributed by atoms with Crippen molar-refractivity contribution in [1.29, 1.82) is 0 Å². The van der Waals surface area contributed by atoms with Gasteiger partial charge in [0.05, 0.1) is 25.2 Å². The van der Waals surface area contributed by atoms with E-state index in [-0.39, 0.29) is 11.4 Å². The van der Waals surface area contributed by atoms with Gasteiger partial charge in [0.25, 0.3) is 15.7 Å². The molecule has 2 aromatic carbocycles. The van der Waals surface area contributed by atoms with Crippen molar-refractivity contribution in [2.75, 3.05) is 20.8 Å². The largest absolute Gasteiger partial charge is 0.493 e. The summed E-state index contributed by atoms with van der Waals surface area (Å²) in [7, 11) is -1.16. The molecule has 2 heterocycles. The Morgan fingerprint density at radius 1 is 1.00 bits per heavy atom. The van der Waals surface area contributed by atoms with Crippen molar-refractivity contribution in [3.8, 4) is 11.5 Å². The zero-order valence-corrected chi connectivity index (χ0v) is 17.8. The molecular formula is C21H21N3O6S. The average molecular weight is 443 g/mol. The summed E-state index contributed by atoms with van der Waals surface area (Å²) in [6.07, 6.45) is 1.89. The van der Waals surface area contributed by atoms with Gasteiger partial charge in [0, 0.05) is 31.0 Å². The van der Waals surface area contributed by atoms with Crippen molar-refractivity contribution in [3.05, 3.63) is 82.2 Å². The Kier molecular flexibility index (Phi) is 5.42. The Balaban J connectivity index is 1.89. The summed E-state index contributed by atoms with van der Waals surface area (Å²) < 4.78 is 41.3. The van der Waals surface area contributed by atoms with Gasteiger partial charge in [-0.05, 0) is 35.9 Å². The lowest BCUT2D eigenvalue weighted by Crippen LogP contribution is -2.42. The topological polar surface area (TPSA) is 104 Å². The number of methoxy groups -OCH3 is 2. The molecule has 0 bridgehead atoms. The summed E-state index contributed by atoms with van der Waals surface area (Å²) in [5, 5.41) is 11.5. The first kappa shape index (κ1) is 20.9. The van der Waals surface area contributed by atoms with Crippen LogP contribution in [0.1, 0.15) is 17.3 Å². The molecule has 10 heteroatoms. The molecule has 0 spiro atoms. The van der Waals surface area contributed by atoms with Gasteiger partial charge in [-0.2, -0.15) is 4.31 Å². The molecule has 1 aliphatic rings. The Hall–Kier alpha value is -3.37. The fourth-order valence-corrected chi connectivity index (χ4v) is 5.67. The summed E-state index contributed by atoms with van der Waals surface area (Å²) in [6, 6.07) is 13.6. The number of nitro benzene ring substituents is 1. The number of sulfonamides is 1. The number of aromatic nitrogens is 1. The van der Waals surface area contributed by atoms with Gasteiger partial charge in [-0.3, -0.25) is 10.1 Å². The molecule has 9 nitrogen and oxygen atoms in total. The van der Waals surface area contributed by atoms with Crippen LogP contribution in [0.4, 0.5) is 5.69 Å². The zero-order valence-electron chi connectivity index (χ0n) is 17.0. The van der Waals surface area contributed by atoms with E-state index < -0.39 is 26.7 Å². The minimum absolute atomic E-state index is 0.162. The highest BCUT2D eigenvalue weighted by Crippen LogP contribution is 2.40. The van der Waals surface area contributed by atoms with Crippen LogP contribution >= 0.6 is 0 Å². The molecule has 0 saturated heterocycles. The van der Waals surface area contributed by atoms with Crippen LogP contribution in [0.2, 0.25) is 0 Å². The van der Waals surface area contributed by atoms with E-state index in [0.29, 0.717) is 23.6 Å². The van der Waals surface area contributed by atoms with E-state index in [1.54, 1.807) is 18.2 Å². The summed E-state index contributed by atoms with van der Waals surface area (Å²) in [5.41, 5.74) is 0.981. The van der Waals surface area contributed by atoms with E-state index in [1.165, 1.54) is 42.8 Å². The van der Waals surface area contributed by atoms with E-state index in [4.69, 9.17) is 9.47 Å². The third-order valence-electron chi connectivity index (χ3n) is 5.37. The van der Waals surface area contributed by atoms with E-state index in [0.717, 1.165) is 5.69 Å².